The van der Waals surface area contributed by atoms with Crippen molar-refractivity contribution < 1.29 is 18.9 Å². The first-order valence-corrected chi connectivity index (χ1v) is 11.2. The van der Waals surface area contributed by atoms with Gasteiger partial charge in [-0.05, 0) is 80.8 Å². The lowest BCUT2D eigenvalue weighted by Gasteiger charge is -2.40. The molecule has 0 aromatic heterocycles. The van der Waals surface area contributed by atoms with Crippen molar-refractivity contribution in [3.8, 4) is 17.2 Å². The number of rotatable bonds is 10. The first kappa shape index (κ1) is 23.4. The van der Waals surface area contributed by atoms with Crippen LogP contribution >= 0.6 is 0 Å². The summed E-state index contributed by atoms with van der Waals surface area (Å²) in [5, 5.41) is 3.62. The van der Waals surface area contributed by atoms with Crippen molar-refractivity contribution in [2.24, 2.45) is 5.92 Å². The summed E-state index contributed by atoms with van der Waals surface area (Å²) in [5.41, 5.74) is 2.41. The number of para-hydroxylation sites is 1. The van der Waals surface area contributed by atoms with Gasteiger partial charge in [0.05, 0.1) is 26.9 Å². The summed E-state index contributed by atoms with van der Waals surface area (Å²) in [6.07, 6.45) is 3.20. The highest BCUT2D eigenvalue weighted by molar-refractivity contribution is 5.42. The van der Waals surface area contributed by atoms with E-state index in [1.165, 1.54) is 11.1 Å². The Bertz CT molecular complexity index is 836. The Kier molecular flexibility index (Phi) is 8.22. The second-order valence-electron chi connectivity index (χ2n) is 8.86. The Hall–Kier alpha value is -2.24. The largest absolute Gasteiger partial charge is 0.496 e. The summed E-state index contributed by atoms with van der Waals surface area (Å²) >= 11 is 0. The van der Waals surface area contributed by atoms with Crippen molar-refractivity contribution in [1.82, 2.24) is 5.32 Å². The molecule has 1 aliphatic rings. The molecule has 3 rings (SSSR count). The lowest BCUT2D eigenvalue weighted by Crippen LogP contribution is -2.37. The maximum atomic E-state index is 5.99. The zero-order valence-corrected chi connectivity index (χ0v) is 19.6. The summed E-state index contributed by atoms with van der Waals surface area (Å²) in [6, 6.07) is 14.5. The highest BCUT2D eigenvalue weighted by Crippen LogP contribution is 2.42. The third kappa shape index (κ3) is 6.14. The number of methoxy groups -OCH3 is 3. The van der Waals surface area contributed by atoms with Crippen LogP contribution in [-0.2, 0) is 11.3 Å². The average Bonchev–Trinajstić information content (AvgIpc) is 2.78. The van der Waals surface area contributed by atoms with Crippen LogP contribution in [0.5, 0.6) is 17.2 Å². The normalized spacial score (nSPS) is 18.9. The van der Waals surface area contributed by atoms with Gasteiger partial charge < -0.3 is 24.3 Å². The third-order valence-corrected chi connectivity index (χ3v) is 6.25. The van der Waals surface area contributed by atoms with Crippen molar-refractivity contribution in [3.63, 3.8) is 0 Å². The zero-order chi connectivity index (χ0) is 22.3. The Morgan fingerprint density at radius 2 is 1.74 bits per heavy atom. The second-order valence-corrected chi connectivity index (χ2v) is 8.86. The Balaban J connectivity index is 1.68. The molecule has 0 spiro atoms. The predicted octanol–water partition coefficient (Wildman–Crippen LogP) is 5.18. The van der Waals surface area contributed by atoms with Crippen molar-refractivity contribution in [1.29, 1.82) is 0 Å². The minimum atomic E-state index is -0.0732. The molecule has 1 N–H and O–H groups in total. The number of benzene rings is 2. The molecule has 1 saturated heterocycles. The van der Waals surface area contributed by atoms with Crippen LogP contribution in [0.15, 0.2) is 42.5 Å². The quantitative estimate of drug-likeness (QED) is 0.530. The SMILES string of the molecule is COc1ccc(CNCC[C@H](c2ccccc2OC)[C@@H]2CCOC(C)(C)C2)cc1OC. The van der Waals surface area contributed by atoms with Crippen LogP contribution in [-0.4, -0.2) is 40.1 Å². The fourth-order valence-corrected chi connectivity index (χ4v) is 4.72. The molecule has 170 valence electrons. The molecular formula is C26H37NO4. The fourth-order valence-electron chi connectivity index (χ4n) is 4.72. The van der Waals surface area contributed by atoms with Crippen LogP contribution in [0, 0.1) is 5.92 Å². The molecule has 0 amide bonds. The molecule has 0 saturated carbocycles. The van der Waals surface area contributed by atoms with Crippen LogP contribution in [0.1, 0.15) is 50.2 Å². The maximum Gasteiger partial charge on any atom is 0.161 e. The molecular weight excluding hydrogens is 390 g/mol. The van der Waals surface area contributed by atoms with Gasteiger partial charge >= 0.3 is 0 Å². The number of ether oxygens (including phenoxy) is 4. The highest BCUT2D eigenvalue weighted by atomic mass is 16.5. The van der Waals surface area contributed by atoms with E-state index in [0.717, 1.165) is 56.2 Å². The second kappa shape index (κ2) is 10.9. The van der Waals surface area contributed by atoms with E-state index in [9.17, 15) is 0 Å². The Morgan fingerprint density at radius 3 is 2.45 bits per heavy atom. The molecule has 5 heteroatoms. The summed E-state index contributed by atoms with van der Waals surface area (Å²) in [6.45, 7) is 6.94. The van der Waals surface area contributed by atoms with Gasteiger partial charge in [-0.3, -0.25) is 0 Å². The van der Waals surface area contributed by atoms with Gasteiger partial charge in [0.15, 0.2) is 11.5 Å². The molecule has 0 aliphatic carbocycles. The number of hydrogen-bond acceptors (Lipinski definition) is 5. The van der Waals surface area contributed by atoms with Crippen LogP contribution in [0.4, 0.5) is 0 Å². The van der Waals surface area contributed by atoms with Crippen LogP contribution in [0.2, 0.25) is 0 Å². The van der Waals surface area contributed by atoms with Gasteiger partial charge in [0, 0.05) is 13.2 Å². The first-order valence-electron chi connectivity index (χ1n) is 11.2. The van der Waals surface area contributed by atoms with Crippen LogP contribution in [0.3, 0.4) is 0 Å². The lowest BCUT2D eigenvalue weighted by molar-refractivity contribution is -0.0772. The molecule has 1 heterocycles. The van der Waals surface area contributed by atoms with Crippen molar-refractivity contribution >= 4 is 0 Å². The molecule has 2 aromatic carbocycles. The van der Waals surface area contributed by atoms with E-state index in [1.54, 1.807) is 21.3 Å². The Morgan fingerprint density at radius 1 is 1.00 bits per heavy atom. The smallest absolute Gasteiger partial charge is 0.161 e. The van der Waals surface area contributed by atoms with Gasteiger partial charge in [-0.1, -0.05) is 24.3 Å². The average molecular weight is 428 g/mol. The minimum absolute atomic E-state index is 0.0732. The zero-order valence-electron chi connectivity index (χ0n) is 19.6. The summed E-state index contributed by atoms with van der Waals surface area (Å²) in [4.78, 5) is 0. The van der Waals surface area contributed by atoms with E-state index in [1.807, 2.05) is 18.2 Å². The lowest BCUT2D eigenvalue weighted by atomic mass is 9.75. The standard InChI is InChI=1S/C26H37NO4/c1-26(2)17-20(13-15-31-26)21(22-8-6-7-9-23(22)28-3)12-14-27-18-19-10-11-24(29-4)25(16-19)30-5/h6-11,16,20-21,27H,12-15,17-18H2,1-5H3/t20-,21+/m1/s1. The first-order chi connectivity index (χ1) is 15.0. The van der Waals surface area contributed by atoms with Crippen LogP contribution < -0.4 is 19.5 Å². The van der Waals surface area contributed by atoms with Gasteiger partial charge in [0.2, 0.25) is 0 Å². The molecule has 0 radical (unpaired) electrons. The minimum Gasteiger partial charge on any atom is -0.496 e. The monoisotopic (exact) mass is 427 g/mol. The van der Waals surface area contributed by atoms with Crippen molar-refractivity contribution in [2.75, 3.05) is 34.5 Å². The molecule has 1 fully saturated rings. The predicted molar refractivity (Wildman–Crippen MR) is 124 cm³/mol. The van der Waals surface area contributed by atoms with E-state index >= 15 is 0 Å². The van der Waals surface area contributed by atoms with E-state index in [2.05, 4.69) is 43.4 Å². The molecule has 5 nitrogen and oxygen atoms in total. The number of nitrogens with one attached hydrogen (secondary N) is 1. The van der Waals surface area contributed by atoms with Gasteiger partial charge in [-0.2, -0.15) is 0 Å². The van der Waals surface area contributed by atoms with Gasteiger partial charge in [0.1, 0.15) is 5.75 Å². The molecule has 0 unspecified atom stereocenters. The number of hydrogen-bond donors (Lipinski definition) is 1. The molecule has 0 bridgehead atoms. The van der Waals surface area contributed by atoms with E-state index in [0.29, 0.717) is 11.8 Å². The maximum absolute atomic E-state index is 5.99. The molecule has 2 aromatic rings. The van der Waals surface area contributed by atoms with Crippen molar-refractivity contribution in [2.45, 2.75) is 51.2 Å². The van der Waals surface area contributed by atoms with Gasteiger partial charge in [-0.25, -0.2) is 0 Å². The highest BCUT2D eigenvalue weighted by Gasteiger charge is 2.34. The molecule has 31 heavy (non-hydrogen) atoms. The van der Waals surface area contributed by atoms with Crippen LogP contribution in [0.25, 0.3) is 0 Å². The molecule has 2 atom stereocenters. The Labute approximate surface area is 187 Å². The van der Waals surface area contributed by atoms with E-state index in [-0.39, 0.29) is 5.60 Å². The topological polar surface area (TPSA) is 49.0 Å². The van der Waals surface area contributed by atoms with Crippen molar-refractivity contribution in [3.05, 3.63) is 53.6 Å². The summed E-state index contributed by atoms with van der Waals surface area (Å²) in [5.74, 6) is 3.50. The third-order valence-electron chi connectivity index (χ3n) is 6.25. The van der Waals surface area contributed by atoms with Gasteiger partial charge in [0.25, 0.3) is 0 Å². The fraction of sp³-hybridized carbons (Fsp3) is 0.538. The summed E-state index contributed by atoms with van der Waals surface area (Å²) in [7, 11) is 5.09. The van der Waals surface area contributed by atoms with E-state index in [4.69, 9.17) is 18.9 Å². The van der Waals surface area contributed by atoms with Gasteiger partial charge in [-0.15, -0.1) is 0 Å². The molecule has 1 aliphatic heterocycles. The summed E-state index contributed by atoms with van der Waals surface area (Å²) < 4.78 is 22.5. The van der Waals surface area contributed by atoms with E-state index < -0.39 is 0 Å².